The summed E-state index contributed by atoms with van der Waals surface area (Å²) in [5, 5.41) is 0. The maximum atomic E-state index is 14.8. The number of anilines is 1. The van der Waals surface area contributed by atoms with Crippen LogP contribution in [0.15, 0.2) is 84.4 Å². The highest BCUT2D eigenvalue weighted by Crippen LogP contribution is 2.41. The molecule has 1 unspecified atom stereocenters. The number of benzene rings is 3. The number of hydrogen-bond acceptors (Lipinski definition) is 4. The van der Waals surface area contributed by atoms with Crippen LogP contribution in [0, 0.1) is 0 Å². The molecule has 3 aromatic rings. The second-order valence-corrected chi connectivity index (χ2v) is 14.1. The van der Waals surface area contributed by atoms with Crippen LogP contribution in [-0.4, -0.2) is 65.5 Å². The summed E-state index contributed by atoms with van der Waals surface area (Å²) in [4.78, 5) is 47.0. The van der Waals surface area contributed by atoms with Crippen LogP contribution in [0.4, 0.5) is 10.5 Å². The molecule has 2 aliphatic heterocycles. The summed E-state index contributed by atoms with van der Waals surface area (Å²) in [5.74, 6) is 0.154. The third-order valence-corrected chi connectivity index (χ3v) is 9.35. The Bertz CT molecular complexity index is 1650. The highest BCUT2D eigenvalue weighted by Gasteiger charge is 2.41. The molecule has 3 aromatic carbocycles. The van der Waals surface area contributed by atoms with Crippen molar-refractivity contribution in [2.24, 2.45) is 0 Å². The van der Waals surface area contributed by atoms with Gasteiger partial charge in [0.25, 0.3) is 5.91 Å². The fourth-order valence-electron chi connectivity index (χ4n) is 6.82. The predicted octanol–water partition coefficient (Wildman–Crippen LogP) is 8.06. The topological polar surface area (TPSA) is 70.2 Å². The summed E-state index contributed by atoms with van der Waals surface area (Å²) in [6, 6.07) is 26.9. The smallest absolute Gasteiger partial charge is 0.410 e. The summed E-state index contributed by atoms with van der Waals surface area (Å²) in [6.07, 6.45) is 4.45. The molecule has 3 aliphatic rings. The number of carbonyl (C=O) groups excluding carboxylic acids is 3. The number of fused-ring (bicyclic) bond motifs is 1. The summed E-state index contributed by atoms with van der Waals surface area (Å²) in [5.41, 5.74) is 6.31. The van der Waals surface area contributed by atoms with Crippen molar-refractivity contribution in [3.05, 3.63) is 95.6 Å². The van der Waals surface area contributed by atoms with E-state index in [-0.39, 0.29) is 30.3 Å². The van der Waals surface area contributed by atoms with Crippen LogP contribution in [0.3, 0.4) is 0 Å². The third-order valence-electron chi connectivity index (χ3n) is 9.35. The SMILES string of the molecule is CCCCC(=O)N1CC(CN(C(=O)C2=C(c3cccc(-c4ccccc4)c3)CCN(C(=O)OC(C)(C)C)C2)C2CC2)c2ccccc21. The van der Waals surface area contributed by atoms with E-state index in [4.69, 9.17) is 4.74 Å². The number of ether oxygens (including phenoxy) is 1. The van der Waals surface area contributed by atoms with Crippen molar-refractivity contribution >= 4 is 29.2 Å². The van der Waals surface area contributed by atoms with E-state index in [1.165, 1.54) is 0 Å². The van der Waals surface area contributed by atoms with Crippen LogP contribution < -0.4 is 4.90 Å². The zero-order valence-electron chi connectivity index (χ0n) is 28.2. The zero-order chi connectivity index (χ0) is 33.1. The van der Waals surface area contributed by atoms with Crippen molar-refractivity contribution in [2.75, 3.05) is 31.1 Å². The average molecular weight is 634 g/mol. The Labute approximate surface area is 279 Å². The van der Waals surface area contributed by atoms with E-state index in [1.807, 2.05) is 73.0 Å². The first-order chi connectivity index (χ1) is 22.6. The van der Waals surface area contributed by atoms with Gasteiger partial charge >= 0.3 is 6.09 Å². The number of hydrogen-bond donors (Lipinski definition) is 0. The van der Waals surface area contributed by atoms with Gasteiger partial charge in [-0.2, -0.15) is 0 Å². The number of nitrogens with zero attached hydrogens (tertiary/aromatic N) is 3. The summed E-state index contributed by atoms with van der Waals surface area (Å²) < 4.78 is 5.75. The fraction of sp³-hybridized carbons (Fsp3) is 0.425. The van der Waals surface area contributed by atoms with E-state index in [0.29, 0.717) is 38.0 Å². The van der Waals surface area contributed by atoms with Crippen molar-refractivity contribution in [2.45, 2.75) is 83.8 Å². The Morgan fingerprint density at radius 2 is 1.60 bits per heavy atom. The normalized spacial score (nSPS) is 17.8. The molecular weight excluding hydrogens is 586 g/mol. The molecule has 7 heteroatoms. The Balaban J connectivity index is 1.34. The maximum absolute atomic E-state index is 14.8. The molecule has 0 N–H and O–H groups in total. The lowest BCUT2D eigenvalue weighted by atomic mass is 9.90. The number of amides is 3. The standard InChI is InChI=1S/C40H47N3O4/c1-5-6-19-37(44)43-26-31(34-17-10-11-18-36(34)43)25-42(32-20-21-32)38(45)35-27-41(39(46)47-40(2,3)4)23-22-33(35)30-16-12-15-29(24-30)28-13-8-7-9-14-28/h7-18,24,31-32H,5-6,19-23,25-27H2,1-4H3. The largest absolute Gasteiger partial charge is 0.444 e. The molecule has 1 atom stereocenters. The van der Waals surface area contributed by atoms with Crippen molar-refractivity contribution < 1.29 is 19.1 Å². The zero-order valence-corrected chi connectivity index (χ0v) is 28.2. The van der Waals surface area contributed by atoms with Crippen LogP contribution in [0.25, 0.3) is 16.7 Å². The van der Waals surface area contributed by atoms with Crippen LogP contribution in [-0.2, 0) is 14.3 Å². The molecule has 6 rings (SSSR count). The van der Waals surface area contributed by atoms with E-state index in [0.717, 1.165) is 59.2 Å². The molecule has 1 aliphatic carbocycles. The van der Waals surface area contributed by atoms with E-state index in [2.05, 4.69) is 43.3 Å². The van der Waals surface area contributed by atoms with Crippen LogP contribution in [0.1, 0.15) is 83.3 Å². The van der Waals surface area contributed by atoms with Crippen molar-refractivity contribution in [3.8, 4) is 11.1 Å². The fourth-order valence-corrected chi connectivity index (χ4v) is 6.82. The first kappa shape index (κ1) is 32.5. The van der Waals surface area contributed by atoms with E-state index in [1.54, 1.807) is 4.90 Å². The minimum absolute atomic E-state index is 0.0193. The van der Waals surface area contributed by atoms with Gasteiger partial charge in [0.05, 0.1) is 6.54 Å². The molecule has 246 valence electrons. The van der Waals surface area contributed by atoms with E-state index < -0.39 is 11.7 Å². The second-order valence-electron chi connectivity index (χ2n) is 14.1. The minimum Gasteiger partial charge on any atom is -0.444 e. The predicted molar refractivity (Wildman–Crippen MR) is 187 cm³/mol. The molecule has 2 heterocycles. The molecule has 3 amide bonds. The molecule has 0 radical (unpaired) electrons. The quantitative estimate of drug-likeness (QED) is 0.239. The van der Waals surface area contributed by atoms with Gasteiger partial charge in [-0.3, -0.25) is 9.59 Å². The maximum Gasteiger partial charge on any atom is 0.410 e. The Morgan fingerprint density at radius 3 is 2.32 bits per heavy atom. The molecule has 1 fully saturated rings. The molecule has 0 bridgehead atoms. The second kappa shape index (κ2) is 13.8. The lowest BCUT2D eigenvalue weighted by Crippen LogP contribution is -2.45. The lowest BCUT2D eigenvalue weighted by molar-refractivity contribution is -0.128. The average Bonchev–Trinajstić information content (AvgIpc) is 3.86. The lowest BCUT2D eigenvalue weighted by Gasteiger charge is -2.35. The first-order valence-corrected chi connectivity index (χ1v) is 17.2. The van der Waals surface area contributed by atoms with Crippen LogP contribution in [0.2, 0.25) is 0 Å². The van der Waals surface area contributed by atoms with Crippen LogP contribution >= 0.6 is 0 Å². The Morgan fingerprint density at radius 1 is 0.894 bits per heavy atom. The van der Waals surface area contributed by atoms with Gasteiger partial charge in [0, 0.05) is 49.3 Å². The van der Waals surface area contributed by atoms with Gasteiger partial charge in [-0.1, -0.05) is 80.1 Å². The van der Waals surface area contributed by atoms with Gasteiger partial charge in [-0.15, -0.1) is 0 Å². The highest BCUT2D eigenvalue weighted by atomic mass is 16.6. The van der Waals surface area contributed by atoms with Crippen molar-refractivity contribution in [1.82, 2.24) is 9.80 Å². The van der Waals surface area contributed by atoms with Gasteiger partial charge in [-0.25, -0.2) is 4.79 Å². The monoisotopic (exact) mass is 633 g/mol. The van der Waals surface area contributed by atoms with Gasteiger partial charge in [0.15, 0.2) is 0 Å². The molecule has 0 aromatic heterocycles. The number of carbonyl (C=O) groups is 3. The van der Waals surface area contributed by atoms with Crippen molar-refractivity contribution in [1.29, 1.82) is 0 Å². The van der Waals surface area contributed by atoms with E-state index in [9.17, 15) is 14.4 Å². The molecule has 0 spiro atoms. The Kier molecular flexibility index (Phi) is 9.53. The summed E-state index contributed by atoms with van der Waals surface area (Å²) in [6.45, 7) is 9.48. The van der Waals surface area contributed by atoms with E-state index >= 15 is 0 Å². The number of rotatable bonds is 9. The highest BCUT2D eigenvalue weighted by molar-refractivity contribution is 6.03. The molecule has 7 nitrogen and oxygen atoms in total. The molecular formula is C40H47N3O4. The molecule has 1 saturated carbocycles. The minimum atomic E-state index is -0.633. The summed E-state index contributed by atoms with van der Waals surface area (Å²) >= 11 is 0. The van der Waals surface area contributed by atoms with Crippen molar-refractivity contribution in [3.63, 3.8) is 0 Å². The van der Waals surface area contributed by atoms with Crippen LogP contribution in [0.5, 0.6) is 0 Å². The van der Waals surface area contributed by atoms with Gasteiger partial charge in [-0.05, 0) is 86.4 Å². The van der Waals surface area contributed by atoms with Gasteiger partial charge in [0.2, 0.25) is 5.91 Å². The third kappa shape index (κ3) is 7.45. The Hall–Kier alpha value is -4.39. The number of para-hydroxylation sites is 1. The molecule has 47 heavy (non-hydrogen) atoms. The van der Waals surface area contributed by atoms with Gasteiger partial charge < -0.3 is 19.4 Å². The summed E-state index contributed by atoms with van der Waals surface area (Å²) in [7, 11) is 0. The number of unbranched alkanes of at least 4 members (excludes halogenated alkanes) is 1. The first-order valence-electron chi connectivity index (χ1n) is 17.2. The molecule has 0 saturated heterocycles. The van der Waals surface area contributed by atoms with Gasteiger partial charge in [0.1, 0.15) is 5.60 Å².